The molecule has 19 heavy (non-hydrogen) atoms. The zero-order chi connectivity index (χ0) is 13.2. The van der Waals surface area contributed by atoms with Crippen LogP contribution in [0.3, 0.4) is 0 Å². The lowest BCUT2D eigenvalue weighted by Crippen LogP contribution is -2.29. The molecule has 1 unspecified atom stereocenters. The summed E-state index contributed by atoms with van der Waals surface area (Å²) in [7, 11) is 0. The number of hydrogen-bond donors (Lipinski definition) is 1. The number of aryl methyl sites for hydroxylation is 1. The molecule has 1 atom stereocenters. The molecule has 0 aliphatic carbocycles. The van der Waals surface area contributed by atoms with Crippen LogP contribution >= 0.6 is 0 Å². The Bertz CT molecular complexity index is 559. The van der Waals surface area contributed by atoms with Crippen LogP contribution in [0, 0.1) is 0 Å². The van der Waals surface area contributed by atoms with E-state index in [9.17, 15) is 0 Å². The second-order valence-corrected chi connectivity index (χ2v) is 5.46. The van der Waals surface area contributed by atoms with Crippen LogP contribution in [-0.4, -0.2) is 20.8 Å². The quantitative estimate of drug-likeness (QED) is 0.918. The minimum Gasteiger partial charge on any atom is -0.382 e. The van der Waals surface area contributed by atoms with E-state index in [0.717, 1.165) is 25.1 Å². The number of para-hydroxylation sites is 1. The fraction of sp³-hybridized carbons (Fsp3) is 0.467. The lowest BCUT2D eigenvalue weighted by Gasteiger charge is -2.27. The first-order chi connectivity index (χ1) is 9.24. The molecule has 4 nitrogen and oxygen atoms in total. The van der Waals surface area contributed by atoms with E-state index in [4.69, 9.17) is 0 Å². The van der Waals surface area contributed by atoms with Gasteiger partial charge in [0.2, 0.25) is 0 Å². The molecule has 4 heteroatoms. The number of rotatable bonds is 3. The lowest BCUT2D eigenvalue weighted by molar-refractivity contribution is 0.488. The molecule has 1 N–H and O–H groups in total. The number of benzene rings is 1. The molecule has 100 valence electrons. The molecule has 3 rings (SSSR count). The Balaban J connectivity index is 1.74. The summed E-state index contributed by atoms with van der Waals surface area (Å²) in [4.78, 5) is 4.40. The number of aromatic nitrogens is 3. The lowest BCUT2D eigenvalue weighted by atomic mass is 9.96. The van der Waals surface area contributed by atoms with E-state index in [1.165, 1.54) is 11.3 Å². The first kappa shape index (κ1) is 12.2. The smallest absolute Gasteiger partial charge is 0.138 e. The normalized spacial score (nSPS) is 18.2. The predicted molar refractivity (Wildman–Crippen MR) is 76.3 cm³/mol. The van der Waals surface area contributed by atoms with Gasteiger partial charge in [0.05, 0.1) is 0 Å². The van der Waals surface area contributed by atoms with E-state index in [0.29, 0.717) is 12.1 Å². The summed E-state index contributed by atoms with van der Waals surface area (Å²) in [5.74, 6) is 1.08. The first-order valence-electron chi connectivity index (χ1n) is 6.97. The molecule has 2 aromatic rings. The maximum atomic E-state index is 4.40. The molecule has 1 aliphatic rings. The van der Waals surface area contributed by atoms with Gasteiger partial charge in [0.1, 0.15) is 12.2 Å². The van der Waals surface area contributed by atoms with Gasteiger partial charge in [0.15, 0.2) is 0 Å². The Morgan fingerprint density at radius 1 is 1.37 bits per heavy atom. The van der Waals surface area contributed by atoms with Crippen molar-refractivity contribution in [2.45, 2.75) is 45.2 Å². The topological polar surface area (TPSA) is 42.7 Å². The average molecular weight is 256 g/mol. The number of fused-ring (bicyclic) bond motifs is 1. The third-order valence-corrected chi connectivity index (χ3v) is 3.70. The summed E-state index contributed by atoms with van der Waals surface area (Å²) in [6, 6.07) is 9.38. The van der Waals surface area contributed by atoms with Crippen molar-refractivity contribution in [3.8, 4) is 0 Å². The predicted octanol–water partition coefficient (Wildman–Crippen LogP) is 2.83. The van der Waals surface area contributed by atoms with E-state index in [2.05, 4.69) is 53.5 Å². The minimum absolute atomic E-state index is 0.369. The van der Waals surface area contributed by atoms with Crippen molar-refractivity contribution < 1.29 is 0 Å². The first-order valence-corrected chi connectivity index (χ1v) is 6.97. The minimum atomic E-state index is 0.369. The number of nitrogens with one attached hydrogen (secondary N) is 1. The van der Waals surface area contributed by atoms with Crippen molar-refractivity contribution in [1.29, 1.82) is 0 Å². The number of nitrogens with zero attached hydrogens (tertiary/aromatic N) is 3. The molecule has 0 saturated carbocycles. The third-order valence-electron chi connectivity index (χ3n) is 3.70. The Morgan fingerprint density at radius 3 is 3.05 bits per heavy atom. The molecule has 0 spiro atoms. The van der Waals surface area contributed by atoms with Gasteiger partial charge in [-0.3, -0.25) is 0 Å². The van der Waals surface area contributed by atoms with Crippen molar-refractivity contribution >= 4 is 5.69 Å². The van der Waals surface area contributed by atoms with E-state index in [1.54, 1.807) is 6.33 Å². The molecular weight excluding hydrogens is 236 g/mol. The van der Waals surface area contributed by atoms with E-state index in [-0.39, 0.29) is 0 Å². The summed E-state index contributed by atoms with van der Waals surface area (Å²) in [5, 5.41) is 7.92. The van der Waals surface area contributed by atoms with Crippen molar-refractivity contribution in [2.24, 2.45) is 0 Å². The van der Waals surface area contributed by atoms with Crippen LogP contribution in [0.15, 0.2) is 30.6 Å². The second kappa shape index (κ2) is 5.03. The third kappa shape index (κ3) is 2.48. The highest BCUT2D eigenvalue weighted by Crippen LogP contribution is 2.25. The van der Waals surface area contributed by atoms with Gasteiger partial charge in [-0.05, 0) is 38.3 Å². The van der Waals surface area contributed by atoms with Crippen LogP contribution in [-0.2, 0) is 12.8 Å². The zero-order valence-electron chi connectivity index (χ0n) is 11.5. The summed E-state index contributed by atoms with van der Waals surface area (Å²) >= 11 is 0. The van der Waals surface area contributed by atoms with Crippen molar-refractivity contribution in [2.75, 3.05) is 5.32 Å². The monoisotopic (exact) mass is 256 g/mol. The van der Waals surface area contributed by atoms with Gasteiger partial charge in [0.25, 0.3) is 0 Å². The van der Waals surface area contributed by atoms with Gasteiger partial charge in [0, 0.05) is 24.2 Å². The Labute approximate surface area is 113 Å². The Hall–Kier alpha value is -1.84. The molecular formula is C15H20N4. The fourth-order valence-electron chi connectivity index (χ4n) is 2.73. The van der Waals surface area contributed by atoms with E-state index in [1.807, 2.05) is 4.68 Å². The fourth-order valence-corrected chi connectivity index (χ4v) is 2.73. The van der Waals surface area contributed by atoms with E-state index >= 15 is 0 Å². The second-order valence-electron chi connectivity index (χ2n) is 5.46. The van der Waals surface area contributed by atoms with Crippen LogP contribution < -0.4 is 5.32 Å². The summed E-state index contributed by atoms with van der Waals surface area (Å²) in [6.07, 6.45) is 4.89. The van der Waals surface area contributed by atoms with Gasteiger partial charge in [-0.1, -0.05) is 18.2 Å². The number of hydrogen-bond acceptors (Lipinski definition) is 3. The van der Waals surface area contributed by atoms with Gasteiger partial charge in [-0.15, -0.1) is 0 Å². The van der Waals surface area contributed by atoms with E-state index < -0.39 is 0 Å². The molecule has 1 aliphatic heterocycles. The maximum Gasteiger partial charge on any atom is 0.138 e. The molecule has 1 aromatic carbocycles. The Kier molecular flexibility index (Phi) is 3.23. The highest BCUT2D eigenvalue weighted by molar-refractivity contribution is 5.53. The number of anilines is 1. The standard InChI is InChI=1S/C15H20N4/c1-11(2)19-15(16-10-17-19)9-13-8-7-12-5-3-4-6-14(12)18-13/h3-6,10-11,13,18H,7-9H2,1-2H3. The van der Waals surface area contributed by atoms with Crippen molar-refractivity contribution in [3.05, 3.63) is 42.0 Å². The SMILES string of the molecule is CC(C)n1ncnc1CC1CCc2ccccc2N1. The summed E-state index contributed by atoms with van der Waals surface area (Å²) in [6.45, 7) is 4.28. The van der Waals surface area contributed by atoms with Crippen LogP contribution in [0.25, 0.3) is 0 Å². The Morgan fingerprint density at radius 2 is 2.21 bits per heavy atom. The van der Waals surface area contributed by atoms with Gasteiger partial charge >= 0.3 is 0 Å². The largest absolute Gasteiger partial charge is 0.382 e. The molecule has 0 bridgehead atoms. The van der Waals surface area contributed by atoms with Crippen LogP contribution in [0.5, 0.6) is 0 Å². The van der Waals surface area contributed by atoms with Crippen LogP contribution in [0.1, 0.15) is 37.7 Å². The van der Waals surface area contributed by atoms with Crippen molar-refractivity contribution in [3.63, 3.8) is 0 Å². The molecule has 0 radical (unpaired) electrons. The summed E-state index contributed by atoms with van der Waals surface area (Å²) < 4.78 is 2.02. The molecule has 0 fully saturated rings. The van der Waals surface area contributed by atoms with Gasteiger partial charge < -0.3 is 5.32 Å². The summed E-state index contributed by atoms with van der Waals surface area (Å²) in [5.41, 5.74) is 2.69. The molecule has 0 amide bonds. The molecule has 2 heterocycles. The maximum absolute atomic E-state index is 4.40. The van der Waals surface area contributed by atoms with Gasteiger partial charge in [-0.2, -0.15) is 5.10 Å². The van der Waals surface area contributed by atoms with Gasteiger partial charge in [-0.25, -0.2) is 9.67 Å². The highest BCUT2D eigenvalue weighted by Gasteiger charge is 2.20. The average Bonchev–Trinajstić information content (AvgIpc) is 2.87. The molecule has 0 saturated heterocycles. The van der Waals surface area contributed by atoms with Crippen LogP contribution in [0.2, 0.25) is 0 Å². The highest BCUT2D eigenvalue weighted by atomic mass is 15.3. The molecule has 1 aromatic heterocycles. The van der Waals surface area contributed by atoms with Crippen molar-refractivity contribution in [1.82, 2.24) is 14.8 Å². The van der Waals surface area contributed by atoms with Crippen LogP contribution in [0.4, 0.5) is 5.69 Å². The zero-order valence-corrected chi connectivity index (χ0v) is 11.5.